The molecule has 1 unspecified atom stereocenters. The SMILES string of the molecule is COC(=O)c1cccc(N)c1N1CC(C(N)=O)CC1=O. The monoisotopic (exact) mass is 277 g/mol. The molecule has 0 aliphatic carbocycles. The summed E-state index contributed by atoms with van der Waals surface area (Å²) in [4.78, 5) is 36.3. The van der Waals surface area contributed by atoms with E-state index in [1.54, 1.807) is 12.1 Å². The van der Waals surface area contributed by atoms with Gasteiger partial charge >= 0.3 is 5.97 Å². The smallest absolute Gasteiger partial charge is 0.340 e. The van der Waals surface area contributed by atoms with Crippen LogP contribution in [0, 0.1) is 5.92 Å². The van der Waals surface area contributed by atoms with Crippen LogP contribution in [0.5, 0.6) is 0 Å². The Hall–Kier alpha value is -2.57. The lowest BCUT2D eigenvalue weighted by atomic mass is 10.1. The van der Waals surface area contributed by atoms with Gasteiger partial charge in [0.2, 0.25) is 11.8 Å². The maximum absolute atomic E-state index is 12.0. The highest BCUT2D eigenvalue weighted by Gasteiger charge is 2.36. The van der Waals surface area contributed by atoms with Gasteiger partial charge in [0, 0.05) is 13.0 Å². The third-order valence-electron chi connectivity index (χ3n) is 3.27. The fourth-order valence-corrected chi connectivity index (χ4v) is 2.25. The van der Waals surface area contributed by atoms with E-state index in [0.717, 1.165) is 0 Å². The largest absolute Gasteiger partial charge is 0.465 e. The van der Waals surface area contributed by atoms with Crippen LogP contribution in [0.3, 0.4) is 0 Å². The molecule has 0 bridgehead atoms. The molecule has 0 spiro atoms. The van der Waals surface area contributed by atoms with Crippen molar-refractivity contribution in [3.8, 4) is 0 Å². The second kappa shape index (κ2) is 5.20. The first-order valence-corrected chi connectivity index (χ1v) is 6.02. The third kappa shape index (κ3) is 2.29. The number of methoxy groups -OCH3 is 1. The molecule has 1 heterocycles. The fourth-order valence-electron chi connectivity index (χ4n) is 2.25. The average molecular weight is 277 g/mol. The summed E-state index contributed by atoms with van der Waals surface area (Å²) in [6.45, 7) is 0.117. The van der Waals surface area contributed by atoms with Gasteiger partial charge in [-0.2, -0.15) is 0 Å². The van der Waals surface area contributed by atoms with Crippen LogP contribution in [0.15, 0.2) is 18.2 Å². The van der Waals surface area contributed by atoms with Gasteiger partial charge in [-0.05, 0) is 12.1 Å². The van der Waals surface area contributed by atoms with E-state index in [2.05, 4.69) is 4.74 Å². The number of hydrogen-bond acceptors (Lipinski definition) is 5. The Bertz CT molecular complexity index is 585. The summed E-state index contributed by atoms with van der Waals surface area (Å²) < 4.78 is 4.68. The maximum atomic E-state index is 12.0. The number of esters is 1. The molecule has 20 heavy (non-hydrogen) atoms. The number of amides is 2. The van der Waals surface area contributed by atoms with Crippen LogP contribution >= 0.6 is 0 Å². The zero-order valence-electron chi connectivity index (χ0n) is 11.0. The van der Waals surface area contributed by atoms with Crippen molar-refractivity contribution in [1.29, 1.82) is 0 Å². The first-order chi connectivity index (χ1) is 9.45. The van der Waals surface area contributed by atoms with Gasteiger partial charge in [-0.1, -0.05) is 6.07 Å². The summed E-state index contributed by atoms with van der Waals surface area (Å²) in [7, 11) is 1.24. The zero-order valence-corrected chi connectivity index (χ0v) is 11.0. The van der Waals surface area contributed by atoms with Gasteiger partial charge in [0.05, 0.1) is 30.0 Å². The van der Waals surface area contributed by atoms with Gasteiger partial charge in [-0.15, -0.1) is 0 Å². The predicted molar refractivity (Wildman–Crippen MR) is 71.8 cm³/mol. The normalized spacial score (nSPS) is 18.1. The molecule has 1 aromatic rings. The number of benzene rings is 1. The molecule has 1 aliphatic heterocycles. The molecule has 2 rings (SSSR count). The summed E-state index contributed by atoms with van der Waals surface area (Å²) in [5, 5.41) is 0. The molecule has 4 N–H and O–H groups in total. The van der Waals surface area contributed by atoms with Crippen LogP contribution in [0.2, 0.25) is 0 Å². The molecule has 106 valence electrons. The van der Waals surface area contributed by atoms with Crippen molar-refractivity contribution in [2.45, 2.75) is 6.42 Å². The van der Waals surface area contributed by atoms with Crippen LogP contribution < -0.4 is 16.4 Å². The Morgan fingerprint density at radius 1 is 1.40 bits per heavy atom. The van der Waals surface area contributed by atoms with Gasteiger partial charge in [0.25, 0.3) is 0 Å². The van der Waals surface area contributed by atoms with Gasteiger partial charge in [0.1, 0.15) is 0 Å². The zero-order chi connectivity index (χ0) is 14.9. The lowest BCUT2D eigenvalue weighted by Gasteiger charge is -2.21. The number of carbonyl (C=O) groups excluding carboxylic acids is 3. The number of nitrogens with zero attached hydrogens (tertiary/aromatic N) is 1. The highest BCUT2D eigenvalue weighted by atomic mass is 16.5. The predicted octanol–water partition coefficient (Wildman–Crippen LogP) is -0.106. The Labute approximate surface area is 115 Å². The summed E-state index contributed by atoms with van der Waals surface area (Å²) in [6, 6.07) is 4.69. The molecule has 7 nitrogen and oxygen atoms in total. The molecule has 1 atom stereocenters. The van der Waals surface area contributed by atoms with Crippen molar-refractivity contribution in [1.82, 2.24) is 0 Å². The fraction of sp³-hybridized carbons (Fsp3) is 0.308. The first kappa shape index (κ1) is 13.9. The van der Waals surface area contributed by atoms with Gasteiger partial charge in [-0.3, -0.25) is 9.59 Å². The molecule has 0 saturated carbocycles. The first-order valence-electron chi connectivity index (χ1n) is 6.02. The third-order valence-corrected chi connectivity index (χ3v) is 3.27. The molecule has 1 aliphatic rings. The van der Waals surface area contributed by atoms with Crippen LogP contribution in [0.4, 0.5) is 11.4 Å². The number of ether oxygens (including phenoxy) is 1. The summed E-state index contributed by atoms with van der Waals surface area (Å²) in [6.07, 6.45) is 0.0181. The Balaban J connectivity index is 2.45. The highest BCUT2D eigenvalue weighted by molar-refractivity contribution is 6.08. The van der Waals surface area contributed by atoms with Gasteiger partial charge in [0.15, 0.2) is 0 Å². The van der Waals surface area contributed by atoms with Gasteiger partial charge < -0.3 is 21.1 Å². The molecule has 7 heteroatoms. The van der Waals surface area contributed by atoms with E-state index in [-0.39, 0.29) is 35.8 Å². The summed E-state index contributed by atoms with van der Waals surface area (Å²) in [5.41, 5.74) is 11.8. The topological polar surface area (TPSA) is 116 Å². The van der Waals surface area contributed by atoms with E-state index >= 15 is 0 Å². The van der Waals surface area contributed by atoms with Crippen LogP contribution in [0.1, 0.15) is 16.8 Å². The van der Waals surface area contributed by atoms with Gasteiger partial charge in [-0.25, -0.2) is 4.79 Å². The van der Waals surface area contributed by atoms with E-state index in [0.29, 0.717) is 0 Å². The highest BCUT2D eigenvalue weighted by Crippen LogP contribution is 2.33. The van der Waals surface area contributed by atoms with E-state index in [1.807, 2.05) is 0 Å². The van der Waals surface area contributed by atoms with Crippen molar-refractivity contribution in [3.63, 3.8) is 0 Å². The Morgan fingerprint density at radius 3 is 2.65 bits per heavy atom. The lowest BCUT2D eigenvalue weighted by Crippen LogP contribution is -2.30. The number of rotatable bonds is 3. The molecule has 0 aromatic heterocycles. The molecule has 0 radical (unpaired) electrons. The Kier molecular flexibility index (Phi) is 3.60. The minimum Gasteiger partial charge on any atom is -0.465 e. The van der Waals surface area contributed by atoms with E-state index in [9.17, 15) is 14.4 Å². The molecule has 1 fully saturated rings. The Morgan fingerprint density at radius 2 is 2.10 bits per heavy atom. The second-order valence-corrected chi connectivity index (χ2v) is 4.54. The number of nitrogens with two attached hydrogens (primary N) is 2. The molecule has 1 aromatic carbocycles. The van der Waals surface area contributed by atoms with Crippen LogP contribution in [-0.4, -0.2) is 31.4 Å². The minimum absolute atomic E-state index is 0.0181. The van der Waals surface area contributed by atoms with Crippen molar-refractivity contribution in [3.05, 3.63) is 23.8 Å². The van der Waals surface area contributed by atoms with Crippen molar-refractivity contribution in [2.75, 3.05) is 24.3 Å². The van der Waals surface area contributed by atoms with E-state index in [4.69, 9.17) is 11.5 Å². The number of carbonyl (C=O) groups is 3. The second-order valence-electron chi connectivity index (χ2n) is 4.54. The molecular weight excluding hydrogens is 262 g/mol. The standard InChI is InChI=1S/C13H15N3O4/c1-20-13(19)8-3-2-4-9(14)11(8)16-6-7(12(15)18)5-10(16)17/h2-4,7H,5-6,14H2,1H3,(H2,15,18). The van der Waals surface area contributed by atoms with Crippen molar-refractivity contribution >= 4 is 29.2 Å². The van der Waals surface area contributed by atoms with Crippen molar-refractivity contribution in [2.24, 2.45) is 11.7 Å². The number of hydrogen-bond donors (Lipinski definition) is 2. The maximum Gasteiger partial charge on any atom is 0.340 e. The van der Waals surface area contributed by atoms with E-state index < -0.39 is 17.8 Å². The molecular formula is C13H15N3O4. The number of anilines is 2. The number of para-hydroxylation sites is 1. The van der Waals surface area contributed by atoms with Crippen molar-refractivity contribution < 1.29 is 19.1 Å². The van der Waals surface area contributed by atoms with E-state index in [1.165, 1.54) is 18.1 Å². The number of nitrogen functional groups attached to an aromatic ring is 1. The number of primary amides is 1. The van der Waals surface area contributed by atoms with Crippen LogP contribution in [-0.2, 0) is 14.3 Å². The molecule has 1 saturated heterocycles. The lowest BCUT2D eigenvalue weighted by molar-refractivity contribution is -0.123. The summed E-state index contributed by atoms with van der Waals surface area (Å²) in [5.74, 6) is -2.01. The van der Waals surface area contributed by atoms with Crippen LogP contribution in [0.25, 0.3) is 0 Å². The molecule has 2 amide bonds. The summed E-state index contributed by atoms with van der Waals surface area (Å²) >= 11 is 0. The quantitative estimate of drug-likeness (QED) is 0.591. The minimum atomic E-state index is -0.595. The average Bonchev–Trinajstić information content (AvgIpc) is 2.79.